The Labute approximate surface area is 173 Å². The van der Waals surface area contributed by atoms with Crippen molar-refractivity contribution in [2.24, 2.45) is 4.99 Å². The van der Waals surface area contributed by atoms with Crippen molar-refractivity contribution in [1.29, 1.82) is 0 Å². The maximum absolute atomic E-state index is 5.90. The topological polar surface area (TPSA) is 37.7 Å². The number of hydrogen-bond donors (Lipinski definition) is 0. The third kappa shape index (κ3) is 3.61. The molecule has 2 aliphatic rings. The average Bonchev–Trinajstić information content (AvgIpc) is 3.22. The first kappa shape index (κ1) is 18.8. The molecule has 0 N–H and O–H groups in total. The molecule has 1 aromatic carbocycles. The second kappa shape index (κ2) is 7.84. The van der Waals surface area contributed by atoms with E-state index in [4.69, 9.17) is 9.73 Å². The molecule has 1 aromatic heterocycles. The molecule has 6 heteroatoms. The zero-order chi connectivity index (χ0) is 19.0. The SMILES string of the molecule is CCC1CSC2=NC(c3ccccn3)C(c3ccc(OC(C)C)c(Br)c3)N21. The van der Waals surface area contributed by atoms with Crippen LogP contribution in [0.3, 0.4) is 0 Å². The number of aliphatic imine (C=N–C) groups is 1. The molecule has 3 atom stereocenters. The second-order valence-electron chi connectivity index (χ2n) is 7.19. The van der Waals surface area contributed by atoms with E-state index in [1.807, 2.05) is 43.9 Å². The molecule has 3 unspecified atom stereocenters. The molecule has 0 radical (unpaired) electrons. The van der Waals surface area contributed by atoms with E-state index in [0.717, 1.165) is 33.3 Å². The fourth-order valence-electron chi connectivity index (χ4n) is 3.76. The summed E-state index contributed by atoms with van der Waals surface area (Å²) in [5.41, 5.74) is 2.27. The second-order valence-corrected chi connectivity index (χ2v) is 9.03. The van der Waals surface area contributed by atoms with E-state index in [9.17, 15) is 0 Å². The third-order valence-corrected chi connectivity index (χ3v) is 6.74. The van der Waals surface area contributed by atoms with Crippen LogP contribution in [-0.4, -0.2) is 33.0 Å². The predicted molar refractivity (Wildman–Crippen MR) is 115 cm³/mol. The largest absolute Gasteiger partial charge is 0.490 e. The number of aromatic nitrogens is 1. The molecule has 4 rings (SSSR count). The van der Waals surface area contributed by atoms with E-state index in [1.54, 1.807) is 0 Å². The first-order chi connectivity index (χ1) is 13.1. The Morgan fingerprint density at radius 1 is 1.30 bits per heavy atom. The minimum atomic E-state index is 0.0202. The van der Waals surface area contributed by atoms with Crippen LogP contribution in [-0.2, 0) is 0 Å². The third-order valence-electron chi connectivity index (χ3n) is 4.99. The van der Waals surface area contributed by atoms with Gasteiger partial charge in [-0.2, -0.15) is 0 Å². The van der Waals surface area contributed by atoms with Gasteiger partial charge in [0.1, 0.15) is 11.8 Å². The molecule has 27 heavy (non-hydrogen) atoms. The number of pyridine rings is 1. The van der Waals surface area contributed by atoms with E-state index in [1.165, 1.54) is 5.56 Å². The van der Waals surface area contributed by atoms with Gasteiger partial charge in [0.15, 0.2) is 5.17 Å². The molecule has 2 aromatic rings. The van der Waals surface area contributed by atoms with Crippen LogP contribution >= 0.6 is 27.7 Å². The number of halogens is 1. The van der Waals surface area contributed by atoms with Crippen molar-refractivity contribution < 1.29 is 4.74 Å². The van der Waals surface area contributed by atoms with Crippen molar-refractivity contribution in [3.05, 3.63) is 58.3 Å². The smallest absolute Gasteiger partial charge is 0.160 e. The minimum Gasteiger partial charge on any atom is -0.490 e. The highest BCUT2D eigenvalue weighted by molar-refractivity contribution is 9.10. The number of amidine groups is 1. The first-order valence-electron chi connectivity index (χ1n) is 9.44. The molecule has 4 nitrogen and oxygen atoms in total. The number of nitrogens with zero attached hydrogens (tertiary/aromatic N) is 3. The quantitative estimate of drug-likeness (QED) is 0.598. The molecule has 2 aliphatic heterocycles. The number of hydrogen-bond acceptors (Lipinski definition) is 5. The lowest BCUT2D eigenvalue weighted by molar-refractivity contribution is 0.239. The van der Waals surface area contributed by atoms with Gasteiger partial charge in [-0.1, -0.05) is 30.8 Å². The van der Waals surface area contributed by atoms with Crippen molar-refractivity contribution >= 4 is 32.9 Å². The summed E-state index contributed by atoms with van der Waals surface area (Å²) in [6, 6.07) is 13.2. The Balaban J connectivity index is 1.74. The lowest BCUT2D eigenvalue weighted by Gasteiger charge is -2.32. The van der Waals surface area contributed by atoms with Crippen molar-refractivity contribution in [3.63, 3.8) is 0 Å². The Morgan fingerprint density at radius 3 is 2.81 bits per heavy atom. The fraction of sp³-hybridized carbons (Fsp3) is 0.429. The Hall–Kier alpha value is -1.53. The van der Waals surface area contributed by atoms with Crippen LogP contribution in [0.15, 0.2) is 52.1 Å². The molecule has 142 valence electrons. The molecule has 1 saturated heterocycles. The molecule has 0 spiro atoms. The molecule has 3 heterocycles. The van der Waals surface area contributed by atoms with E-state index < -0.39 is 0 Å². The van der Waals surface area contributed by atoms with Crippen LogP contribution in [0.5, 0.6) is 5.75 Å². The first-order valence-corrected chi connectivity index (χ1v) is 11.2. The van der Waals surface area contributed by atoms with Gasteiger partial charge in [0.25, 0.3) is 0 Å². The maximum atomic E-state index is 5.90. The molecular formula is C21H24BrN3OS. The van der Waals surface area contributed by atoms with Crippen molar-refractivity contribution in [1.82, 2.24) is 9.88 Å². The van der Waals surface area contributed by atoms with Gasteiger partial charge in [0, 0.05) is 18.0 Å². The van der Waals surface area contributed by atoms with Crippen molar-refractivity contribution in [3.8, 4) is 5.75 Å². The monoisotopic (exact) mass is 445 g/mol. The lowest BCUT2D eigenvalue weighted by atomic mass is 9.95. The van der Waals surface area contributed by atoms with Crippen LogP contribution < -0.4 is 4.74 Å². The number of fused-ring (bicyclic) bond motifs is 1. The molecule has 0 bridgehead atoms. The average molecular weight is 446 g/mol. The van der Waals surface area contributed by atoms with E-state index in [2.05, 4.69) is 57.0 Å². The summed E-state index contributed by atoms with van der Waals surface area (Å²) in [4.78, 5) is 12.2. The lowest BCUT2D eigenvalue weighted by Crippen LogP contribution is -2.35. The summed E-state index contributed by atoms with van der Waals surface area (Å²) < 4.78 is 6.89. The zero-order valence-electron chi connectivity index (χ0n) is 15.8. The predicted octanol–water partition coefficient (Wildman–Crippen LogP) is 5.61. The zero-order valence-corrected chi connectivity index (χ0v) is 18.2. The van der Waals surface area contributed by atoms with Crippen molar-refractivity contribution in [2.45, 2.75) is 51.4 Å². The fourth-order valence-corrected chi connectivity index (χ4v) is 5.59. The summed E-state index contributed by atoms with van der Waals surface area (Å²) in [5.74, 6) is 1.99. The van der Waals surface area contributed by atoms with Gasteiger partial charge in [-0.25, -0.2) is 0 Å². The van der Waals surface area contributed by atoms with Gasteiger partial charge < -0.3 is 9.64 Å². The molecule has 1 fully saturated rings. The van der Waals surface area contributed by atoms with E-state index in [0.29, 0.717) is 6.04 Å². The van der Waals surface area contributed by atoms with Gasteiger partial charge in [0.05, 0.1) is 22.3 Å². The van der Waals surface area contributed by atoms with Crippen LogP contribution in [0, 0.1) is 0 Å². The molecular weight excluding hydrogens is 422 g/mol. The highest BCUT2D eigenvalue weighted by Gasteiger charge is 2.45. The normalized spacial score (nSPS) is 24.3. The highest BCUT2D eigenvalue weighted by Crippen LogP contribution is 2.49. The van der Waals surface area contributed by atoms with Gasteiger partial charge in [-0.05, 0) is 66.0 Å². The Morgan fingerprint density at radius 2 is 2.15 bits per heavy atom. The summed E-state index contributed by atoms with van der Waals surface area (Å²) in [5, 5.41) is 1.15. The van der Waals surface area contributed by atoms with E-state index >= 15 is 0 Å². The minimum absolute atomic E-state index is 0.0202. The number of benzene rings is 1. The standard InChI is InChI=1S/C21H24BrN3OS/c1-4-15-12-27-21-24-19(17-7-5-6-10-23-17)20(25(15)21)14-8-9-18(16(22)11-14)26-13(2)3/h5-11,13,15,19-20H,4,12H2,1-3H3. The van der Waals surface area contributed by atoms with Crippen molar-refractivity contribution in [2.75, 3.05) is 5.75 Å². The molecule has 0 aliphatic carbocycles. The Kier molecular flexibility index (Phi) is 5.46. The molecule has 0 saturated carbocycles. The van der Waals surface area contributed by atoms with Gasteiger partial charge in [0.2, 0.25) is 0 Å². The maximum Gasteiger partial charge on any atom is 0.160 e. The Bertz CT molecular complexity index is 843. The summed E-state index contributed by atoms with van der Waals surface area (Å²) >= 11 is 5.57. The number of thioether (sulfide) groups is 1. The number of ether oxygens (including phenoxy) is 1. The van der Waals surface area contributed by atoms with Crippen LogP contribution in [0.2, 0.25) is 0 Å². The van der Waals surface area contributed by atoms with Crippen LogP contribution in [0.1, 0.15) is 50.5 Å². The number of rotatable bonds is 5. The summed E-state index contributed by atoms with van der Waals surface area (Å²) in [6.45, 7) is 6.35. The summed E-state index contributed by atoms with van der Waals surface area (Å²) in [6.07, 6.45) is 3.12. The van der Waals surface area contributed by atoms with Gasteiger partial charge in [-0.3, -0.25) is 9.98 Å². The van der Waals surface area contributed by atoms with Crippen LogP contribution in [0.25, 0.3) is 0 Å². The van der Waals surface area contributed by atoms with E-state index in [-0.39, 0.29) is 18.2 Å². The summed E-state index contributed by atoms with van der Waals surface area (Å²) in [7, 11) is 0. The van der Waals surface area contributed by atoms with Gasteiger partial charge >= 0.3 is 0 Å². The van der Waals surface area contributed by atoms with Crippen LogP contribution in [0.4, 0.5) is 0 Å². The molecule has 0 amide bonds. The van der Waals surface area contributed by atoms with Gasteiger partial charge in [-0.15, -0.1) is 0 Å². The highest BCUT2D eigenvalue weighted by atomic mass is 79.9.